The van der Waals surface area contributed by atoms with Crippen molar-refractivity contribution in [3.8, 4) is 0 Å². The van der Waals surface area contributed by atoms with Crippen molar-refractivity contribution in [2.75, 3.05) is 26.7 Å². The predicted octanol–water partition coefficient (Wildman–Crippen LogP) is 2.18. The summed E-state index contributed by atoms with van der Waals surface area (Å²) in [7, 11) is 1.36. The van der Waals surface area contributed by atoms with Gasteiger partial charge in [0.15, 0.2) is 0 Å². The van der Waals surface area contributed by atoms with E-state index in [4.69, 9.17) is 5.11 Å². The average molecular weight is 284 g/mol. The predicted molar refractivity (Wildman–Crippen MR) is 62.8 cm³/mol. The van der Waals surface area contributed by atoms with Gasteiger partial charge < -0.3 is 14.9 Å². The van der Waals surface area contributed by atoms with E-state index < -0.39 is 31.3 Å². The lowest BCUT2D eigenvalue weighted by Crippen LogP contribution is -2.47. The van der Waals surface area contributed by atoms with Crippen molar-refractivity contribution < 1.29 is 27.9 Å². The first-order chi connectivity index (χ1) is 8.67. The topological polar surface area (TPSA) is 60.9 Å². The minimum absolute atomic E-state index is 0.286. The van der Waals surface area contributed by atoms with Crippen LogP contribution in [0.3, 0.4) is 0 Å². The van der Waals surface area contributed by atoms with Crippen LogP contribution in [-0.4, -0.2) is 59.8 Å². The Labute approximate surface area is 110 Å². The SMILES string of the molecule is CCCCCN(C)C(=O)N(CC(=O)O)CC(F)(F)F. The fourth-order valence-corrected chi connectivity index (χ4v) is 1.51. The molecule has 0 heterocycles. The van der Waals surface area contributed by atoms with E-state index in [-0.39, 0.29) is 4.90 Å². The monoisotopic (exact) mass is 284 g/mol. The van der Waals surface area contributed by atoms with Gasteiger partial charge in [-0.2, -0.15) is 13.2 Å². The summed E-state index contributed by atoms with van der Waals surface area (Å²) in [5, 5.41) is 8.55. The van der Waals surface area contributed by atoms with Gasteiger partial charge in [-0.15, -0.1) is 0 Å². The first kappa shape index (κ1) is 17.5. The first-order valence-corrected chi connectivity index (χ1v) is 5.96. The lowest BCUT2D eigenvalue weighted by Gasteiger charge is -2.27. The molecule has 0 aromatic carbocycles. The van der Waals surface area contributed by atoms with E-state index in [0.717, 1.165) is 17.7 Å². The van der Waals surface area contributed by atoms with E-state index in [1.54, 1.807) is 0 Å². The Morgan fingerprint density at radius 3 is 2.21 bits per heavy atom. The molecule has 0 radical (unpaired) electrons. The Morgan fingerprint density at radius 1 is 1.21 bits per heavy atom. The number of hydrogen-bond donors (Lipinski definition) is 1. The summed E-state index contributed by atoms with van der Waals surface area (Å²) in [6.45, 7) is -0.254. The van der Waals surface area contributed by atoms with Gasteiger partial charge in [-0.1, -0.05) is 19.8 Å². The van der Waals surface area contributed by atoms with Crippen LogP contribution in [-0.2, 0) is 4.79 Å². The van der Waals surface area contributed by atoms with E-state index >= 15 is 0 Å². The Balaban J connectivity index is 4.56. The Bertz CT molecular complexity index is 308. The van der Waals surface area contributed by atoms with Crippen LogP contribution in [0, 0.1) is 0 Å². The maximum Gasteiger partial charge on any atom is 0.406 e. The van der Waals surface area contributed by atoms with Crippen LogP contribution in [0.25, 0.3) is 0 Å². The highest BCUT2D eigenvalue weighted by Gasteiger charge is 2.34. The molecule has 19 heavy (non-hydrogen) atoms. The third-order valence-electron chi connectivity index (χ3n) is 2.39. The lowest BCUT2D eigenvalue weighted by atomic mass is 10.2. The van der Waals surface area contributed by atoms with Crippen molar-refractivity contribution >= 4 is 12.0 Å². The molecule has 0 saturated heterocycles. The highest BCUT2D eigenvalue weighted by Crippen LogP contribution is 2.17. The van der Waals surface area contributed by atoms with Gasteiger partial charge >= 0.3 is 18.2 Å². The molecule has 0 unspecified atom stereocenters. The zero-order chi connectivity index (χ0) is 15.1. The van der Waals surface area contributed by atoms with Crippen LogP contribution < -0.4 is 0 Å². The molecule has 0 aliphatic heterocycles. The number of carbonyl (C=O) groups excluding carboxylic acids is 1. The van der Waals surface area contributed by atoms with Crippen LogP contribution in [0.15, 0.2) is 0 Å². The summed E-state index contributed by atoms with van der Waals surface area (Å²) in [5.74, 6) is -1.47. The van der Waals surface area contributed by atoms with Gasteiger partial charge in [-0.05, 0) is 6.42 Å². The van der Waals surface area contributed by atoms with E-state index in [9.17, 15) is 22.8 Å². The Hall–Kier alpha value is -1.47. The van der Waals surface area contributed by atoms with Crippen molar-refractivity contribution in [2.24, 2.45) is 0 Å². The summed E-state index contributed by atoms with van der Waals surface area (Å²) in [6, 6.07) is -0.921. The number of alkyl halides is 3. The summed E-state index contributed by atoms with van der Waals surface area (Å²) in [5.41, 5.74) is 0. The number of hydrogen-bond acceptors (Lipinski definition) is 2. The van der Waals surface area contributed by atoms with Crippen molar-refractivity contribution in [2.45, 2.75) is 32.4 Å². The van der Waals surface area contributed by atoms with E-state index in [2.05, 4.69) is 0 Å². The number of aliphatic carboxylic acids is 1. The zero-order valence-electron chi connectivity index (χ0n) is 11.0. The maximum atomic E-state index is 12.3. The largest absolute Gasteiger partial charge is 0.480 e. The lowest BCUT2D eigenvalue weighted by molar-refractivity contribution is -0.149. The highest BCUT2D eigenvalue weighted by molar-refractivity contribution is 5.80. The van der Waals surface area contributed by atoms with Crippen molar-refractivity contribution in [1.29, 1.82) is 0 Å². The molecule has 0 atom stereocenters. The smallest absolute Gasteiger partial charge is 0.406 e. The molecule has 5 nitrogen and oxygen atoms in total. The third kappa shape index (κ3) is 8.28. The molecular formula is C11H19F3N2O3. The zero-order valence-corrected chi connectivity index (χ0v) is 11.0. The van der Waals surface area contributed by atoms with E-state index in [0.29, 0.717) is 13.0 Å². The highest BCUT2D eigenvalue weighted by atomic mass is 19.4. The normalized spacial score (nSPS) is 11.2. The van der Waals surface area contributed by atoms with Crippen molar-refractivity contribution in [3.05, 3.63) is 0 Å². The van der Waals surface area contributed by atoms with Gasteiger partial charge in [0.2, 0.25) is 0 Å². The second-order valence-electron chi connectivity index (χ2n) is 4.28. The molecule has 0 aromatic heterocycles. The number of rotatable bonds is 7. The third-order valence-corrected chi connectivity index (χ3v) is 2.39. The molecule has 0 spiro atoms. The molecular weight excluding hydrogens is 265 g/mol. The number of carboxylic acid groups (broad SMARTS) is 1. The van der Waals surface area contributed by atoms with Gasteiger partial charge in [0.1, 0.15) is 13.1 Å². The minimum Gasteiger partial charge on any atom is -0.480 e. The van der Waals surface area contributed by atoms with Crippen LogP contribution in [0.2, 0.25) is 0 Å². The standard InChI is InChI=1S/C11H19F3N2O3/c1-3-4-5-6-15(2)10(19)16(7-9(17)18)8-11(12,13)14/h3-8H2,1-2H3,(H,17,18). The van der Waals surface area contributed by atoms with Gasteiger partial charge in [-0.3, -0.25) is 4.79 Å². The first-order valence-electron chi connectivity index (χ1n) is 5.96. The molecule has 112 valence electrons. The molecule has 0 rings (SSSR count). The molecule has 2 amide bonds. The Morgan fingerprint density at radius 2 is 1.79 bits per heavy atom. The van der Waals surface area contributed by atoms with E-state index in [1.807, 2.05) is 6.92 Å². The fourth-order valence-electron chi connectivity index (χ4n) is 1.51. The van der Waals surface area contributed by atoms with Crippen molar-refractivity contribution in [3.63, 3.8) is 0 Å². The van der Waals surface area contributed by atoms with Crippen LogP contribution in [0.1, 0.15) is 26.2 Å². The number of amides is 2. The van der Waals surface area contributed by atoms with Crippen LogP contribution >= 0.6 is 0 Å². The van der Waals surface area contributed by atoms with E-state index in [1.165, 1.54) is 7.05 Å². The molecule has 1 N–H and O–H groups in total. The second kappa shape index (κ2) is 7.85. The number of unbranched alkanes of at least 4 members (excludes halogenated alkanes) is 2. The number of urea groups is 1. The summed E-state index contributed by atoms with van der Waals surface area (Å²) < 4.78 is 36.8. The fraction of sp³-hybridized carbons (Fsp3) is 0.818. The maximum absolute atomic E-state index is 12.3. The summed E-state index contributed by atoms with van der Waals surface area (Å²) in [6.07, 6.45) is -2.17. The number of nitrogens with zero attached hydrogens (tertiary/aromatic N) is 2. The number of carbonyl (C=O) groups is 2. The molecule has 0 aliphatic rings. The summed E-state index contributed by atoms with van der Waals surface area (Å²) in [4.78, 5) is 23.6. The molecule has 0 aliphatic carbocycles. The number of halogens is 3. The van der Waals surface area contributed by atoms with Crippen LogP contribution in [0.4, 0.5) is 18.0 Å². The van der Waals surface area contributed by atoms with Crippen LogP contribution in [0.5, 0.6) is 0 Å². The molecule has 0 fully saturated rings. The van der Waals surface area contributed by atoms with Crippen molar-refractivity contribution in [1.82, 2.24) is 9.80 Å². The average Bonchev–Trinajstić information content (AvgIpc) is 2.24. The molecule has 0 bridgehead atoms. The number of carboxylic acids is 1. The molecule has 0 aromatic rings. The van der Waals surface area contributed by atoms with Gasteiger partial charge in [0.25, 0.3) is 0 Å². The minimum atomic E-state index is -4.62. The summed E-state index contributed by atoms with van der Waals surface area (Å²) >= 11 is 0. The molecule has 8 heteroatoms. The quantitative estimate of drug-likeness (QED) is 0.729. The van der Waals surface area contributed by atoms with Gasteiger partial charge in [-0.25, -0.2) is 4.79 Å². The van der Waals surface area contributed by atoms with Gasteiger partial charge in [0, 0.05) is 13.6 Å². The Kier molecular flexibility index (Phi) is 7.25. The molecule has 0 saturated carbocycles. The van der Waals surface area contributed by atoms with Gasteiger partial charge in [0.05, 0.1) is 0 Å². The second-order valence-corrected chi connectivity index (χ2v) is 4.28.